The van der Waals surface area contributed by atoms with E-state index in [1.807, 2.05) is 38.1 Å². The Hall–Kier alpha value is -1.37. The summed E-state index contributed by atoms with van der Waals surface area (Å²) in [7, 11) is 0. The number of hydrogen-bond donors (Lipinski definition) is 1. The molecule has 0 bridgehead atoms. The van der Waals surface area contributed by atoms with Crippen molar-refractivity contribution in [2.24, 2.45) is 0 Å². The van der Waals surface area contributed by atoms with Crippen LogP contribution >= 0.6 is 22.6 Å². The first-order valence-electron chi connectivity index (χ1n) is 7.18. The van der Waals surface area contributed by atoms with Gasteiger partial charge in [-0.25, -0.2) is 4.98 Å². The number of aryl methyl sites for hydroxylation is 1. The third kappa shape index (κ3) is 4.30. The predicted molar refractivity (Wildman–Crippen MR) is 94.2 cm³/mol. The van der Waals surface area contributed by atoms with Gasteiger partial charge in [-0.15, -0.1) is 0 Å². The van der Waals surface area contributed by atoms with Crippen molar-refractivity contribution in [2.75, 3.05) is 11.9 Å². The van der Waals surface area contributed by atoms with Crippen molar-refractivity contribution in [3.8, 4) is 11.6 Å². The minimum Gasteiger partial charge on any atom is -0.439 e. The highest BCUT2D eigenvalue weighted by Crippen LogP contribution is 2.27. The Morgan fingerprint density at radius 2 is 1.86 bits per heavy atom. The zero-order valence-corrected chi connectivity index (χ0v) is 14.8. The lowest BCUT2D eigenvalue weighted by Crippen LogP contribution is -2.08. The second-order valence-corrected chi connectivity index (χ2v) is 6.00. The molecule has 0 saturated carbocycles. The quantitative estimate of drug-likeness (QED) is 0.726. The van der Waals surface area contributed by atoms with Gasteiger partial charge in [0.1, 0.15) is 17.4 Å². The van der Waals surface area contributed by atoms with Crippen molar-refractivity contribution in [3.63, 3.8) is 0 Å². The van der Waals surface area contributed by atoms with E-state index < -0.39 is 0 Å². The molecule has 0 radical (unpaired) electrons. The summed E-state index contributed by atoms with van der Waals surface area (Å²) in [6.45, 7) is 7.06. The van der Waals surface area contributed by atoms with Crippen LogP contribution in [0.25, 0.3) is 0 Å². The number of nitrogens with one attached hydrogen (secondary N) is 1. The van der Waals surface area contributed by atoms with Gasteiger partial charge in [-0.3, -0.25) is 0 Å². The van der Waals surface area contributed by atoms with Crippen LogP contribution in [0.5, 0.6) is 11.6 Å². The molecular formula is C16H20IN3O. The standard InChI is InChI=1S/C16H20IN3O/c1-4-10-18-15-11(3)16(20-14(5-2)19-15)21-13-8-6-12(17)7-9-13/h6-9H,4-5,10H2,1-3H3,(H,18,19,20). The maximum absolute atomic E-state index is 5.93. The molecule has 0 fully saturated rings. The van der Waals surface area contributed by atoms with Crippen molar-refractivity contribution in [3.05, 3.63) is 39.2 Å². The minimum atomic E-state index is 0.627. The molecule has 0 aliphatic carbocycles. The van der Waals surface area contributed by atoms with Crippen molar-refractivity contribution in [1.82, 2.24) is 9.97 Å². The molecule has 0 spiro atoms. The highest BCUT2D eigenvalue weighted by atomic mass is 127. The molecule has 2 rings (SSSR count). The van der Waals surface area contributed by atoms with Crippen LogP contribution in [0.1, 0.15) is 31.7 Å². The van der Waals surface area contributed by atoms with Crippen molar-refractivity contribution < 1.29 is 4.74 Å². The largest absolute Gasteiger partial charge is 0.439 e. The first-order valence-corrected chi connectivity index (χ1v) is 8.26. The Morgan fingerprint density at radius 1 is 1.14 bits per heavy atom. The molecule has 1 aromatic carbocycles. The summed E-state index contributed by atoms with van der Waals surface area (Å²) in [5, 5.41) is 3.34. The Bertz CT molecular complexity index is 599. The molecule has 0 atom stereocenters. The summed E-state index contributed by atoms with van der Waals surface area (Å²) in [5.41, 5.74) is 0.944. The van der Waals surface area contributed by atoms with Gasteiger partial charge in [-0.2, -0.15) is 4.98 Å². The summed E-state index contributed by atoms with van der Waals surface area (Å²) >= 11 is 2.27. The van der Waals surface area contributed by atoms with Gasteiger partial charge in [0, 0.05) is 16.5 Å². The Labute approximate surface area is 139 Å². The molecular weight excluding hydrogens is 377 g/mol. The molecule has 1 aromatic heterocycles. The zero-order chi connectivity index (χ0) is 15.2. The van der Waals surface area contributed by atoms with Crippen molar-refractivity contribution in [2.45, 2.75) is 33.6 Å². The molecule has 5 heteroatoms. The average Bonchev–Trinajstić information content (AvgIpc) is 2.50. The molecule has 0 saturated heterocycles. The zero-order valence-electron chi connectivity index (χ0n) is 12.6. The van der Waals surface area contributed by atoms with Crippen LogP contribution in [-0.4, -0.2) is 16.5 Å². The second-order valence-electron chi connectivity index (χ2n) is 4.75. The number of nitrogens with zero attached hydrogens (tertiary/aromatic N) is 2. The van der Waals surface area contributed by atoms with E-state index in [-0.39, 0.29) is 0 Å². The molecule has 21 heavy (non-hydrogen) atoms. The molecule has 0 amide bonds. The molecule has 0 aliphatic rings. The highest BCUT2D eigenvalue weighted by Gasteiger charge is 2.12. The van der Waals surface area contributed by atoms with Crippen LogP contribution in [0.15, 0.2) is 24.3 Å². The smallest absolute Gasteiger partial charge is 0.227 e. The van der Waals surface area contributed by atoms with E-state index in [1.54, 1.807) is 0 Å². The lowest BCUT2D eigenvalue weighted by atomic mass is 10.3. The van der Waals surface area contributed by atoms with E-state index in [4.69, 9.17) is 4.74 Å². The molecule has 1 N–H and O–H groups in total. The fraction of sp³-hybridized carbons (Fsp3) is 0.375. The van der Waals surface area contributed by atoms with Gasteiger partial charge >= 0.3 is 0 Å². The predicted octanol–water partition coefficient (Wildman–Crippen LogP) is 4.57. The highest BCUT2D eigenvalue weighted by molar-refractivity contribution is 14.1. The molecule has 1 heterocycles. The Morgan fingerprint density at radius 3 is 2.48 bits per heavy atom. The van der Waals surface area contributed by atoms with Crippen molar-refractivity contribution in [1.29, 1.82) is 0 Å². The van der Waals surface area contributed by atoms with Crippen LogP contribution in [0.3, 0.4) is 0 Å². The number of ether oxygens (including phenoxy) is 1. The number of rotatable bonds is 6. The normalized spacial score (nSPS) is 10.5. The molecule has 112 valence electrons. The fourth-order valence-corrected chi connectivity index (χ4v) is 2.19. The Balaban J connectivity index is 2.30. The van der Waals surface area contributed by atoms with Crippen LogP contribution in [0.2, 0.25) is 0 Å². The van der Waals surface area contributed by atoms with Gasteiger partial charge in [0.15, 0.2) is 0 Å². The van der Waals surface area contributed by atoms with Crippen molar-refractivity contribution >= 4 is 28.4 Å². The summed E-state index contributed by atoms with van der Waals surface area (Å²) in [6.07, 6.45) is 1.84. The van der Waals surface area contributed by atoms with E-state index in [9.17, 15) is 0 Å². The van der Waals surface area contributed by atoms with E-state index in [0.29, 0.717) is 5.88 Å². The number of aromatic nitrogens is 2. The lowest BCUT2D eigenvalue weighted by Gasteiger charge is -2.13. The first kappa shape index (κ1) is 16.0. The van der Waals surface area contributed by atoms with Gasteiger partial charge in [-0.1, -0.05) is 13.8 Å². The van der Waals surface area contributed by atoms with E-state index in [1.165, 1.54) is 3.57 Å². The topological polar surface area (TPSA) is 47.0 Å². The SMILES string of the molecule is CCCNc1nc(CC)nc(Oc2ccc(I)cc2)c1C. The summed E-state index contributed by atoms with van der Waals surface area (Å²) in [6, 6.07) is 7.94. The maximum Gasteiger partial charge on any atom is 0.227 e. The van der Waals surface area contributed by atoms with E-state index >= 15 is 0 Å². The average molecular weight is 397 g/mol. The van der Waals surface area contributed by atoms with Crippen LogP contribution < -0.4 is 10.1 Å². The number of halogens is 1. The van der Waals surface area contributed by atoms with Gasteiger partial charge < -0.3 is 10.1 Å². The number of anilines is 1. The number of benzene rings is 1. The van der Waals surface area contributed by atoms with E-state index in [0.717, 1.165) is 42.3 Å². The van der Waals surface area contributed by atoms with Gasteiger partial charge in [0.2, 0.25) is 5.88 Å². The molecule has 2 aromatic rings. The monoisotopic (exact) mass is 397 g/mol. The third-order valence-corrected chi connectivity index (χ3v) is 3.75. The van der Waals surface area contributed by atoms with Crippen LogP contribution in [0.4, 0.5) is 5.82 Å². The van der Waals surface area contributed by atoms with Crippen LogP contribution in [-0.2, 0) is 6.42 Å². The van der Waals surface area contributed by atoms with E-state index in [2.05, 4.69) is 44.8 Å². The molecule has 0 unspecified atom stereocenters. The summed E-state index contributed by atoms with van der Waals surface area (Å²) in [5.74, 6) is 3.08. The second kappa shape index (κ2) is 7.59. The molecule has 0 aliphatic heterocycles. The molecule has 4 nitrogen and oxygen atoms in total. The van der Waals surface area contributed by atoms with Gasteiger partial charge in [0.25, 0.3) is 0 Å². The van der Waals surface area contributed by atoms with Crippen LogP contribution in [0, 0.1) is 10.5 Å². The number of hydrogen-bond acceptors (Lipinski definition) is 4. The summed E-state index contributed by atoms with van der Waals surface area (Å²) < 4.78 is 7.11. The van der Waals surface area contributed by atoms with Gasteiger partial charge in [-0.05, 0) is 60.2 Å². The fourth-order valence-electron chi connectivity index (χ4n) is 1.83. The minimum absolute atomic E-state index is 0.627. The summed E-state index contributed by atoms with van der Waals surface area (Å²) in [4.78, 5) is 9.04. The lowest BCUT2D eigenvalue weighted by molar-refractivity contribution is 0.455. The maximum atomic E-state index is 5.93. The first-order chi connectivity index (χ1) is 10.1. The Kier molecular flexibility index (Phi) is 5.78. The van der Waals surface area contributed by atoms with Gasteiger partial charge in [0.05, 0.1) is 5.56 Å². The third-order valence-electron chi connectivity index (χ3n) is 3.03.